The van der Waals surface area contributed by atoms with Crippen LogP contribution in [0.2, 0.25) is 0 Å². The van der Waals surface area contributed by atoms with Crippen LogP contribution < -0.4 is 10.6 Å². The number of benzene rings is 2. The topological polar surface area (TPSA) is 58.2 Å². The summed E-state index contributed by atoms with van der Waals surface area (Å²) in [4.78, 5) is 25.3. The molecule has 0 aromatic heterocycles. The van der Waals surface area contributed by atoms with Gasteiger partial charge in [0, 0.05) is 12.8 Å². The van der Waals surface area contributed by atoms with Gasteiger partial charge in [0.05, 0.1) is 12.1 Å². The summed E-state index contributed by atoms with van der Waals surface area (Å²) in [5.41, 5.74) is 2.11. The second-order valence-electron chi connectivity index (χ2n) is 7.89. The molecule has 4 unspecified atom stereocenters. The first-order valence-corrected chi connectivity index (χ1v) is 10.6. The fraction of sp³-hybridized carbons (Fsp3) is 0.308. The molecule has 3 rings (SSSR count). The number of carbonyl (C=O) groups excluding carboxylic acids is 2. The molecule has 4 heteroatoms. The van der Waals surface area contributed by atoms with Crippen molar-refractivity contribution >= 4 is 11.8 Å². The maximum absolute atomic E-state index is 12.6. The maximum Gasteiger partial charge on any atom is 0.224 e. The average molecular weight is 403 g/mol. The van der Waals surface area contributed by atoms with Gasteiger partial charge in [-0.1, -0.05) is 98.8 Å². The van der Waals surface area contributed by atoms with E-state index in [0.29, 0.717) is 12.8 Å². The van der Waals surface area contributed by atoms with Gasteiger partial charge in [-0.2, -0.15) is 0 Å². The minimum atomic E-state index is -0.135. The third-order valence-corrected chi connectivity index (χ3v) is 5.49. The highest BCUT2D eigenvalue weighted by molar-refractivity contribution is 5.79. The molecule has 1 aliphatic heterocycles. The predicted octanol–water partition coefficient (Wildman–Crippen LogP) is 4.88. The Balaban J connectivity index is 1.84. The Morgan fingerprint density at radius 1 is 0.633 bits per heavy atom. The van der Waals surface area contributed by atoms with Gasteiger partial charge in [-0.25, -0.2) is 0 Å². The molecule has 1 aliphatic rings. The largest absolute Gasteiger partial charge is 0.348 e. The summed E-state index contributed by atoms with van der Waals surface area (Å²) in [6.07, 6.45) is 8.44. The Labute approximate surface area is 179 Å². The van der Waals surface area contributed by atoms with E-state index < -0.39 is 0 Å². The molecule has 156 valence electrons. The van der Waals surface area contributed by atoms with Crippen LogP contribution >= 0.6 is 0 Å². The van der Waals surface area contributed by atoms with E-state index in [1.54, 1.807) is 0 Å². The van der Waals surface area contributed by atoms with E-state index in [2.05, 4.69) is 24.5 Å². The summed E-state index contributed by atoms with van der Waals surface area (Å²) >= 11 is 0. The van der Waals surface area contributed by atoms with Gasteiger partial charge >= 0.3 is 0 Å². The van der Waals surface area contributed by atoms with E-state index in [-0.39, 0.29) is 35.7 Å². The quantitative estimate of drug-likeness (QED) is 0.704. The van der Waals surface area contributed by atoms with E-state index >= 15 is 0 Å². The second kappa shape index (κ2) is 10.6. The van der Waals surface area contributed by atoms with Crippen LogP contribution in [0.3, 0.4) is 0 Å². The predicted molar refractivity (Wildman–Crippen MR) is 120 cm³/mol. The highest BCUT2D eigenvalue weighted by atomic mass is 16.2. The van der Waals surface area contributed by atoms with E-state index in [9.17, 15) is 9.59 Å². The Kier molecular flexibility index (Phi) is 7.61. The third-order valence-electron chi connectivity index (χ3n) is 5.49. The highest BCUT2D eigenvalue weighted by Gasteiger charge is 2.22. The Morgan fingerprint density at radius 2 is 1.00 bits per heavy atom. The van der Waals surface area contributed by atoms with Crippen molar-refractivity contribution in [2.24, 2.45) is 11.8 Å². The SMILES string of the molecule is CC1C=CCC(=O)NC(c2ccccc2)C(C)C=CCC(=O)NC1c1ccccc1. The Bertz CT molecular complexity index is 814. The molecule has 0 spiro atoms. The average Bonchev–Trinajstić information content (AvgIpc) is 2.76. The van der Waals surface area contributed by atoms with Crippen LogP contribution in [0, 0.1) is 11.8 Å². The number of carbonyl (C=O) groups is 2. The van der Waals surface area contributed by atoms with Crippen LogP contribution in [0.25, 0.3) is 0 Å². The molecule has 0 bridgehead atoms. The Morgan fingerprint density at radius 3 is 1.37 bits per heavy atom. The summed E-state index contributed by atoms with van der Waals surface area (Å²) < 4.78 is 0. The lowest BCUT2D eigenvalue weighted by atomic mass is 9.92. The van der Waals surface area contributed by atoms with Crippen LogP contribution in [0.4, 0.5) is 0 Å². The lowest BCUT2D eigenvalue weighted by molar-refractivity contribution is -0.122. The molecule has 2 aromatic carbocycles. The molecule has 4 atom stereocenters. The van der Waals surface area contributed by atoms with Crippen molar-refractivity contribution in [2.45, 2.75) is 38.8 Å². The highest BCUT2D eigenvalue weighted by Crippen LogP contribution is 2.25. The third kappa shape index (κ3) is 5.93. The van der Waals surface area contributed by atoms with Gasteiger partial charge in [-0.05, 0) is 23.0 Å². The normalized spacial score (nSPS) is 25.8. The molecule has 30 heavy (non-hydrogen) atoms. The van der Waals surface area contributed by atoms with Crippen molar-refractivity contribution in [1.29, 1.82) is 0 Å². The molecule has 2 amide bonds. The van der Waals surface area contributed by atoms with Crippen LogP contribution in [0.5, 0.6) is 0 Å². The van der Waals surface area contributed by atoms with E-state index in [1.165, 1.54) is 0 Å². The van der Waals surface area contributed by atoms with Crippen LogP contribution in [-0.4, -0.2) is 11.8 Å². The van der Waals surface area contributed by atoms with Gasteiger partial charge in [-0.3, -0.25) is 9.59 Å². The van der Waals surface area contributed by atoms with Crippen LogP contribution in [0.15, 0.2) is 85.0 Å². The second-order valence-corrected chi connectivity index (χ2v) is 7.89. The fourth-order valence-electron chi connectivity index (χ4n) is 3.82. The van der Waals surface area contributed by atoms with Gasteiger partial charge in [0.15, 0.2) is 0 Å². The lowest BCUT2D eigenvalue weighted by Crippen LogP contribution is -2.33. The van der Waals surface area contributed by atoms with Gasteiger partial charge in [-0.15, -0.1) is 0 Å². The maximum atomic E-state index is 12.6. The van der Waals surface area contributed by atoms with Crippen molar-refractivity contribution in [3.8, 4) is 0 Å². The summed E-state index contributed by atoms with van der Waals surface area (Å²) in [7, 11) is 0. The molecule has 0 radical (unpaired) electrons. The minimum absolute atomic E-state index is 0.00934. The van der Waals surface area contributed by atoms with Gasteiger partial charge < -0.3 is 10.6 Å². The first-order chi connectivity index (χ1) is 14.5. The fourth-order valence-corrected chi connectivity index (χ4v) is 3.82. The molecule has 0 saturated heterocycles. The van der Waals surface area contributed by atoms with Crippen molar-refractivity contribution in [1.82, 2.24) is 10.6 Å². The van der Waals surface area contributed by atoms with E-state index in [1.807, 2.05) is 85.0 Å². The van der Waals surface area contributed by atoms with Crippen molar-refractivity contribution < 1.29 is 9.59 Å². The molecule has 2 N–H and O–H groups in total. The van der Waals surface area contributed by atoms with E-state index in [4.69, 9.17) is 0 Å². The molecule has 2 aromatic rings. The molecule has 0 aliphatic carbocycles. The zero-order chi connectivity index (χ0) is 21.3. The molecular formula is C26H30N2O2. The first kappa shape index (κ1) is 21.6. The summed E-state index contributed by atoms with van der Waals surface area (Å²) in [6.45, 7) is 4.12. The minimum Gasteiger partial charge on any atom is -0.348 e. The van der Waals surface area contributed by atoms with Crippen molar-refractivity contribution in [3.05, 3.63) is 96.1 Å². The van der Waals surface area contributed by atoms with Gasteiger partial charge in [0.2, 0.25) is 11.8 Å². The van der Waals surface area contributed by atoms with Crippen molar-refractivity contribution in [3.63, 3.8) is 0 Å². The summed E-state index contributed by atoms with van der Waals surface area (Å²) in [6, 6.07) is 19.6. The monoisotopic (exact) mass is 402 g/mol. The number of amides is 2. The number of hydrogen-bond acceptors (Lipinski definition) is 2. The molecular weight excluding hydrogens is 372 g/mol. The zero-order valence-corrected chi connectivity index (χ0v) is 17.6. The number of nitrogens with one attached hydrogen (secondary N) is 2. The molecule has 0 fully saturated rings. The van der Waals surface area contributed by atoms with Crippen LogP contribution in [-0.2, 0) is 9.59 Å². The van der Waals surface area contributed by atoms with Gasteiger partial charge in [0.1, 0.15) is 0 Å². The number of hydrogen-bond donors (Lipinski definition) is 2. The standard InChI is InChI=1S/C26H30N2O2/c1-19-11-9-17-24(30)28-26(22-15-7-4-8-16-22)20(2)12-10-18-23(29)27-25(19)21-13-5-3-6-14-21/h3-16,19-20,25-26H,17-18H2,1-2H3,(H,27,29)(H,28,30). The lowest BCUT2D eigenvalue weighted by Gasteiger charge is -2.25. The summed E-state index contributed by atoms with van der Waals surface area (Å²) in [5, 5.41) is 6.33. The van der Waals surface area contributed by atoms with Crippen molar-refractivity contribution in [2.75, 3.05) is 0 Å². The number of rotatable bonds is 2. The van der Waals surface area contributed by atoms with Gasteiger partial charge in [0.25, 0.3) is 0 Å². The van der Waals surface area contributed by atoms with Crippen LogP contribution in [0.1, 0.15) is 49.9 Å². The molecule has 1 heterocycles. The first-order valence-electron chi connectivity index (χ1n) is 10.6. The molecule has 4 nitrogen and oxygen atoms in total. The zero-order valence-electron chi connectivity index (χ0n) is 17.6. The Hall–Kier alpha value is -3.14. The summed E-state index contributed by atoms with van der Waals surface area (Å²) in [5.74, 6) is 0.0923. The van der Waals surface area contributed by atoms with E-state index in [0.717, 1.165) is 11.1 Å². The smallest absolute Gasteiger partial charge is 0.224 e. The molecule has 0 saturated carbocycles.